The summed E-state index contributed by atoms with van der Waals surface area (Å²) in [5.41, 5.74) is 0.893. The second-order valence-electron chi connectivity index (χ2n) is 8.45. The Morgan fingerprint density at radius 1 is 1.05 bits per heavy atom. The maximum atomic E-state index is 13.8. The van der Waals surface area contributed by atoms with Gasteiger partial charge in [0.2, 0.25) is 11.8 Å². The molecule has 0 unspecified atom stereocenters. The Morgan fingerprint density at radius 3 is 2.47 bits per heavy atom. The van der Waals surface area contributed by atoms with Crippen LogP contribution in [0.4, 0.5) is 15.8 Å². The number of nitrogens with one attached hydrogen (secondary N) is 1. The van der Waals surface area contributed by atoms with Crippen LogP contribution in [0.3, 0.4) is 0 Å². The number of carbonyl (C=O) groups excluding carboxylic acids is 2. The summed E-state index contributed by atoms with van der Waals surface area (Å²) in [5, 5.41) is 14.3. The lowest BCUT2D eigenvalue weighted by Crippen LogP contribution is -2.52. The Hall–Kier alpha value is -4.58. The summed E-state index contributed by atoms with van der Waals surface area (Å²) in [6.45, 7) is 2.67. The molecule has 2 aromatic heterocycles. The fraction of sp³-hybridized carbons (Fsp3) is 0.200. The monoisotopic (exact) mass is 537 g/mol. The van der Waals surface area contributed by atoms with E-state index in [1.54, 1.807) is 31.2 Å². The van der Waals surface area contributed by atoms with Gasteiger partial charge in [0.1, 0.15) is 10.8 Å². The highest BCUT2D eigenvalue weighted by atomic mass is 35.5. The molecule has 11 nitrogen and oxygen atoms in total. The number of piperazine rings is 1. The number of para-hydroxylation sites is 1. The number of halogens is 2. The molecule has 5 rings (SSSR count). The Balaban J connectivity index is 1.26. The summed E-state index contributed by atoms with van der Waals surface area (Å²) in [5.74, 6) is -1.94. The van der Waals surface area contributed by atoms with Crippen molar-refractivity contribution in [3.05, 3.63) is 81.8 Å². The van der Waals surface area contributed by atoms with Crippen LogP contribution in [-0.4, -0.2) is 62.9 Å². The van der Waals surface area contributed by atoms with Gasteiger partial charge in [-0.3, -0.25) is 14.4 Å². The maximum absolute atomic E-state index is 13.8. The van der Waals surface area contributed by atoms with Crippen molar-refractivity contribution in [1.82, 2.24) is 24.9 Å². The molecule has 38 heavy (non-hydrogen) atoms. The van der Waals surface area contributed by atoms with Crippen LogP contribution in [0.2, 0.25) is 5.02 Å². The van der Waals surface area contributed by atoms with Gasteiger partial charge in [-0.05, 0) is 30.3 Å². The highest BCUT2D eigenvalue weighted by molar-refractivity contribution is 6.39. The average Bonchev–Trinajstić information content (AvgIpc) is 3.37. The van der Waals surface area contributed by atoms with E-state index >= 15 is 0 Å². The van der Waals surface area contributed by atoms with E-state index < -0.39 is 23.2 Å². The van der Waals surface area contributed by atoms with Crippen LogP contribution in [0.15, 0.2) is 63.9 Å². The van der Waals surface area contributed by atoms with Crippen molar-refractivity contribution >= 4 is 34.8 Å². The Bertz CT molecular complexity index is 1570. The van der Waals surface area contributed by atoms with Gasteiger partial charge in [0, 0.05) is 33.1 Å². The predicted octanol–water partition coefficient (Wildman–Crippen LogP) is 2.67. The van der Waals surface area contributed by atoms with E-state index in [1.165, 1.54) is 21.8 Å². The Morgan fingerprint density at radius 2 is 1.79 bits per heavy atom. The van der Waals surface area contributed by atoms with Crippen LogP contribution in [0, 0.1) is 12.7 Å². The molecule has 2 amide bonds. The fourth-order valence-electron chi connectivity index (χ4n) is 4.08. The van der Waals surface area contributed by atoms with E-state index in [0.29, 0.717) is 24.5 Å². The molecule has 0 aliphatic carbocycles. The van der Waals surface area contributed by atoms with Crippen LogP contribution in [0.1, 0.15) is 5.89 Å². The molecule has 2 aromatic carbocycles. The summed E-state index contributed by atoms with van der Waals surface area (Å²) < 4.78 is 20.4. The van der Waals surface area contributed by atoms with Gasteiger partial charge in [-0.1, -0.05) is 29.8 Å². The van der Waals surface area contributed by atoms with E-state index in [0.717, 1.165) is 12.1 Å². The van der Waals surface area contributed by atoms with Gasteiger partial charge in [0.25, 0.3) is 5.56 Å². The van der Waals surface area contributed by atoms with Crippen LogP contribution >= 0.6 is 11.6 Å². The minimum atomic E-state index is -0.896. The van der Waals surface area contributed by atoms with E-state index in [-0.39, 0.29) is 41.1 Å². The number of rotatable bonds is 4. The van der Waals surface area contributed by atoms with Gasteiger partial charge in [0.15, 0.2) is 0 Å². The molecule has 0 bridgehead atoms. The summed E-state index contributed by atoms with van der Waals surface area (Å²) in [7, 11) is 0. The van der Waals surface area contributed by atoms with Crippen molar-refractivity contribution in [3.8, 4) is 17.1 Å². The molecular formula is C25H21ClFN7O4. The van der Waals surface area contributed by atoms with Crippen LogP contribution in [0.5, 0.6) is 0 Å². The third kappa shape index (κ3) is 4.98. The molecule has 13 heteroatoms. The Labute approximate surface area is 220 Å². The van der Waals surface area contributed by atoms with E-state index in [4.69, 9.17) is 16.0 Å². The SMILES string of the molecule is Cc1nnc(-c2cc(F)ccc2NC(=O)C(=O)N2CCN(c3cnn(-c4ccccc4)c(=O)c3Cl)CC2)o1. The normalized spacial score (nSPS) is 13.4. The lowest BCUT2D eigenvalue weighted by molar-refractivity contribution is -0.143. The molecular weight excluding hydrogens is 517 g/mol. The molecule has 4 aromatic rings. The van der Waals surface area contributed by atoms with Gasteiger partial charge in [-0.25, -0.2) is 4.39 Å². The molecule has 1 aliphatic heterocycles. The Kier molecular flexibility index (Phi) is 6.88. The maximum Gasteiger partial charge on any atom is 0.313 e. The molecule has 1 saturated heterocycles. The number of hydrogen-bond acceptors (Lipinski definition) is 8. The number of anilines is 2. The van der Waals surface area contributed by atoms with Gasteiger partial charge in [-0.15, -0.1) is 10.2 Å². The zero-order valence-electron chi connectivity index (χ0n) is 20.1. The quantitative estimate of drug-likeness (QED) is 0.394. The number of aromatic nitrogens is 4. The first-order valence-electron chi connectivity index (χ1n) is 11.6. The number of nitrogens with zero attached hydrogens (tertiary/aromatic N) is 6. The highest BCUT2D eigenvalue weighted by Crippen LogP contribution is 2.28. The molecule has 0 saturated carbocycles. The third-order valence-corrected chi connectivity index (χ3v) is 6.34. The predicted molar refractivity (Wildman–Crippen MR) is 137 cm³/mol. The van der Waals surface area contributed by atoms with E-state index in [1.807, 2.05) is 11.0 Å². The second-order valence-corrected chi connectivity index (χ2v) is 8.82. The smallest absolute Gasteiger partial charge is 0.313 e. The molecule has 0 radical (unpaired) electrons. The first-order chi connectivity index (χ1) is 18.3. The topological polar surface area (TPSA) is 126 Å². The zero-order valence-corrected chi connectivity index (χ0v) is 20.9. The molecule has 0 atom stereocenters. The minimum absolute atomic E-state index is 0.0121. The average molecular weight is 538 g/mol. The largest absolute Gasteiger partial charge is 0.421 e. The summed E-state index contributed by atoms with van der Waals surface area (Å²) in [6.07, 6.45) is 1.51. The fourth-order valence-corrected chi connectivity index (χ4v) is 4.32. The van der Waals surface area contributed by atoms with Gasteiger partial charge < -0.3 is 19.5 Å². The van der Waals surface area contributed by atoms with E-state index in [9.17, 15) is 18.8 Å². The van der Waals surface area contributed by atoms with Crippen molar-refractivity contribution < 1.29 is 18.4 Å². The summed E-state index contributed by atoms with van der Waals surface area (Å²) in [4.78, 5) is 41.7. The van der Waals surface area contributed by atoms with Crippen molar-refractivity contribution in [2.24, 2.45) is 0 Å². The number of carbonyl (C=O) groups is 2. The van der Waals surface area contributed by atoms with E-state index in [2.05, 4.69) is 20.6 Å². The van der Waals surface area contributed by atoms with Gasteiger partial charge in [0.05, 0.1) is 28.8 Å². The highest BCUT2D eigenvalue weighted by Gasteiger charge is 2.28. The molecule has 0 spiro atoms. The number of benzene rings is 2. The van der Waals surface area contributed by atoms with Crippen LogP contribution in [0.25, 0.3) is 17.1 Å². The van der Waals surface area contributed by atoms with Crippen molar-refractivity contribution in [1.29, 1.82) is 0 Å². The van der Waals surface area contributed by atoms with Gasteiger partial charge >= 0.3 is 11.8 Å². The molecule has 1 aliphatic rings. The van der Waals surface area contributed by atoms with Crippen molar-refractivity contribution in [3.63, 3.8) is 0 Å². The lowest BCUT2D eigenvalue weighted by Gasteiger charge is -2.35. The van der Waals surface area contributed by atoms with Crippen molar-refractivity contribution in [2.45, 2.75) is 6.92 Å². The van der Waals surface area contributed by atoms with Crippen LogP contribution in [-0.2, 0) is 9.59 Å². The summed E-state index contributed by atoms with van der Waals surface area (Å²) >= 11 is 6.40. The number of hydrogen-bond donors (Lipinski definition) is 1. The number of aryl methyl sites for hydroxylation is 1. The lowest BCUT2D eigenvalue weighted by atomic mass is 10.1. The first kappa shape index (κ1) is 25.1. The standard InChI is InChI=1S/C25H21ClFN7O4/c1-15-30-31-23(38-15)18-13-16(27)7-8-19(18)29-22(35)25(37)33-11-9-32(10-12-33)20-14-28-34(24(36)21(20)26)17-5-3-2-4-6-17/h2-8,13-14H,9-12H2,1H3,(H,29,35). The van der Waals surface area contributed by atoms with Crippen molar-refractivity contribution in [2.75, 3.05) is 36.4 Å². The van der Waals surface area contributed by atoms with Crippen LogP contribution < -0.4 is 15.8 Å². The minimum Gasteiger partial charge on any atom is -0.421 e. The first-order valence-corrected chi connectivity index (χ1v) is 12.0. The molecule has 1 N–H and O–H groups in total. The molecule has 1 fully saturated rings. The molecule has 194 valence electrons. The zero-order chi connectivity index (χ0) is 26.8. The summed E-state index contributed by atoms with van der Waals surface area (Å²) in [6, 6.07) is 12.5. The second kappa shape index (κ2) is 10.4. The number of amides is 2. The third-order valence-electron chi connectivity index (χ3n) is 5.99. The molecule has 3 heterocycles. The van der Waals surface area contributed by atoms with Gasteiger partial charge in [-0.2, -0.15) is 9.78 Å².